The molecule has 0 N–H and O–H groups in total. The standard InChI is InChI=1S/C12H18OS/c1-3-4-10(2)7-12(13)8-11-5-6-14-9-11/h5-6,9-10H,3-4,7-8H2,1-2H3. The summed E-state index contributed by atoms with van der Waals surface area (Å²) < 4.78 is 0. The fourth-order valence-corrected chi connectivity index (χ4v) is 2.35. The van der Waals surface area contributed by atoms with Crippen LogP contribution in [0.4, 0.5) is 0 Å². The summed E-state index contributed by atoms with van der Waals surface area (Å²) in [7, 11) is 0. The van der Waals surface area contributed by atoms with Crippen molar-refractivity contribution in [1.29, 1.82) is 0 Å². The van der Waals surface area contributed by atoms with Gasteiger partial charge in [-0.2, -0.15) is 11.3 Å². The summed E-state index contributed by atoms with van der Waals surface area (Å²) in [5.41, 5.74) is 1.17. The highest BCUT2D eigenvalue weighted by atomic mass is 32.1. The highest BCUT2D eigenvalue weighted by Crippen LogP contribution is 2.13. The molecule has 14 heavy (non-hydrogen) atoms. The Morgan fingerprint density at radius 3 is 2.93 bits per heavy atom. The van der Waals surface area contributed by atoms with Crippen LogP contribution in [-0.4, -0.2) is 5.78 Å². The summed E-state index contributed by atoms with van der Waals surface area (Å²) in [6, 6.07) is 2.03. The fraction of sp³-hybridized carbons (Fsp3) is 0.583. The molecule has 1 nitrogen and oxygen atoms in total. The van der Waals surface area contributed by atoms with E-state index in [1.165, 1.54) is 12.0 Å². The van der Waals surface area contributed by atoms with E-state index in [0.29, 0.717) is 18.1 Å². The molecule has 0 aromatic carbocycles. The molecule has 0 spiro atoms. The fourth-order valence-electron chi connectivity index (χ4n) is 1.68. The van der Waals surface area contributed by atoms with Crippen molar-refractivity contribution in [2.24, 2.45) is 5.92 Å². The second-order valence-electron chi connectivity index (χ2n) is 3.95. The van der Waals surface area contributed by atoms with Gasteiger partial charge in [0.05, 0.1) is 0 Å². The summed E-state index contributed by atoms with van der Waals surface area (Å²) in [6.45, 7) is 4.33. The SMILES string of the molecule is CCCC(C)CC(=O)Cc1ccsc1. The van der Waals surface area contributed by atoms with Gasteiger partial charge in [-0.3, -0.25) is 4.79 Å². The third kappa shape index (κ3) is 4.05. The van der Waals surface area contributed by atoms with Gasteiger partial charge in [0, 0.05) is 12.8 Å². The Morgan fingerprint density at radius 1 is 1.57 bits per heavy atom. The first-order valence-corrected chi connectivity index (χ1v) is 6.19. The molecule has 2 heteroatoms. The third-order valence-corrected chi connectivity index (χ3v) is 3.07. The van der Waals surface area contributed by atoms with Crippen LogP contribution in [-0.2, 0) is 11.2 Å². The lowest BCUT2D eigenvalue weighted by molar-refractivity contribution is -0.119. The van der Waals surface area contributed by atoms with E-state index in [2.05, 4.69) is 19.2 Å². The molecule has 1 aromatic heterocycles. The molecule has 0 saturated carbocycles. The quantitative estimate of drug-likeness (QED) is 0.700. The Balaban J connectivity index is 2.29. The molecule has 78 valence electrons. The summed E-state index contributed by atoms with van der Waals surface area (Å²) in [6.07, 6.45) is 3.70. The number of rotatable bonds is 6. The van der Waals surface area contributed by atoms with Crippen LogP contribution in [0.15, 0.2) is 16.8 Å². The summed E-state index contributed by atoms with van der Waals surface area (Å²) in [4.78, 5) is 11.6. The molecule has 0 bridgehead atoms. The molecular formula is C12H18OS. The van der Waals surface area contributed by atoms with Crippen molar-refractivity contribution in [2.75, 3.05) is 0 Å². The zero-order valence-corrected chi connectivity index (χ0v) is 9.77. The van der Waals surface area contributed by atoms with Crippen LogP contribution in [0.1, 0.15) is 38.7 Å². The molecule has 0 aliphatic heterocycles. The van der Waals surface area contributed by atoms with E-state index < -0.39 is 0 Å². The molecule has 1 unspecified atom stereocenters. The van der Waals surface area contributed by atoms with E-state index in [9.17, 15) is 4.79 Å². The molecule has 0 aliphatic rings. The van der Waals surface area contributed by atoms with Crippen molar-refractivity contribution in [1.82, 2.24) is 0 Å². The lowest BCUT2D eigenvalue weighted by Gasteiger charge is -2.07. The van der Waals surface area contributed by atoms with Crippen molar-refractivity contribution in [3.05, 3.63) is 22.4 Å². The van der Waals surface area contributed by atoms with Crippen LogP contribution in [0.2, 0.25) is 0 Å². The Labute approximate surface area is 90.2 Å². The second kappa shape index (κ2) is 5.97. The minimum absolute atomic E-state index is 0.379. The van der Waals surface area contributed by atoms with E-state index in [1.54, 1.807) is 11.3 Å². The lowest BCUT2D eigenvalue weighted by atomic mass is 9.97. The van der Waals surface area contributed by atoms with Crippen LogP contribution in [0.25, 0.3) is 0 Å². The maximum absolute atomic E-state index is 11.6. The predicted octanol–water partition coefficient (Wildman–Crippen LogP) is 3.69. The van der Waals surface area contributed by atoms with Gasteiger partial charge < -0.3 is 0 Å². The molecular weight excluding hydrogens is 192 g/mol. The van der Waals surface area contributed by atoms with Crippen LogP contribution < -0.4 is 0 Å². The second-order valence-corrected chi connectivity index (χ2v) is 4.73. The van der Waals surface area contributed by atoms with Crippen LogP contribution in [0, 0.1) is 5.92 Å². The normalized spacial score (nSPS) is 12.7. The van der Waals surface area contributed by atoms with E-state index in [1.807, 2.05) is 11.4 Å². The molecule has 0 saturated heterocycles. The number of carbonyl (C=O) groups is 1. The molecule has 0 radical (unpaired) electrons. The van der Waals surface area contributed by atoms with E-state index >= 15 is 0 Å². The maximum atomic E-state index is 11.6. The number of hydrogen-bond donors (Lipinski definition) is 0. The first-order valence-electron chi connectivity index (χ1n) is 5.25. The third-order valence-electron chi connectivity index (χ3n) is 2.34. The smallest absolute Gasteiger partial charge is 0.137 e. The largest absolute Gasteiger partial charge is 0.299 e. The first kappa shape index (κ1) is 11.4. The minimum atomic E-state index is 0.379. The molecule has 0 aliphatic carbocycles. The van der Waals surface area contributed by atoms with Gasteiger partial charge >= 0.3 is 0 Å². The highest BCUT2D eigenvalue weighted by molar-refractivity contribution is 7.07. The predicted molar refractivity (Wildman–Crippen MR) is 61.7 cm³/mol. The van der Waals surface area contributed by atoms with Gasteiger partial charge in [0.1, 0.15) is 5.78 Å². The van der Waals surface area contributed by atoms with Crippen LogP contribution in [0.3, 0.4) is 0 Å². The molecule has 1 atom stereocenters. The van der Waals surface area contributed by atoms with Gasteiger partial charge in [-0.25, -0.2) is 0 Å². The number of carbonyl (C=O) groups excluding carboxylic acids is 1. The number of thiophene rings is 1. The van der Waals surface area contributed by atoms with Crippen molar-refractivity contribution in [3.63, 3.8) is 0 Å². The molecule has 1 heterocycles. The zero-order valence-electron chi connectivity index (χ0n) is 8.95. The Bertz CT molecular complexity index is 264. The average molecular weight is 210 g/mol. The first-order chi connectivity index (χ1) is 6.72. The number of ketones is 1. The van der Waals surface area contributed by atoms with Gasteiger partial charge in [-0.1, -0.05) is 26.7 Å². The van der Waals surface area contributed by atoms with Crippen LogP contribution >= 0.6 is 11.3 Å². The molecule has 0 fully saturated rings. The number of Topliss-reactive ketones (excluding diaryl/α,β-unsaturated/α-hetero) is 1. The summed E-state index contributed by atoms with van der Waals surface area (Å²) >= 11 is 1.66. The summed E-state index contributed by atoms with van der Waals surface area (Å²) in [5.74, 6) is 0.926. The molecule has 0 amide bonds. The Morgan fingerprint density at radius 2 is 2.36 bits per heavy atom. The lowest BCUT2D eigenvalue weighted by Crippen LogP contribution is -2.07. The minimum Gasteiger partial charge on any atom is -0.299 e. The van der Waals surface area contributed by atoms with E-state index in [4.69, 9.17) is 0 Å². The van der Waals surface area contributed by atoms with Crippen molar-refractivity contribution >= 4 is 17.1 Å². The average Bonchev–Trinajstić information content (AvgIpc) is 2.56. The topological polar surface area (TPSA) is 17.1 Å². The Hall–Kier alpha value is -0.630. The van der Waals surface area contributed by atoms with Gasteiger partial charge in [0.15, 0.2) is 0 Å². The Kier molecular flexibility index (Phi) is 4.88. The van der Waals surface area contributed by atoms with Crippen molar-refractivity contribution in [2.45, 2.75) is 39.5 Å². The summed E-state index contributed by atoms with van der Waals surface area (Å²) in [5, 5.41) is 4.08. The zero-order chi connectivity index (χ0) is 10.4. The van der Waals surface area contributed by atoms with Crippen molar-refractivity contribution < 1.29 is 4.79 Å². The van der Waals surface area contributed by atoms with Gasteiger partial charge in [0.2, 0.25) is 0 Å². The maximum Gasteiger partial charge on any atom is 0.137 e. The van der Waals surface area contributed by atoms with E-state index in [0.717, 1.165) is 12.8 Å². The van der Waals surface area contributed by atoms with Gasteiger partial charge in [-0.05, 0) is 28.3 Å². The van der Waals surface area contributed by atoms with Crippen LogP contribution in [0.5, 0.6) is 0 Å². The molecule has 1 aromatic rings. The van der Waals surface area contributed by atoms with Gasteiger partial charge in [-0.15, -0.1) is 0 Å². The number of hydrogen-bond acceptors (Lipinski definition) is 2. The van der Waals surface area contributed by atoms with Crippen molar-refractivity contribution in [3.8, 4) is 0 Å². The highest BCUT2D eigenvalue weighted by Gasteiger charge is 2.09. The van der Waals surface area contributed by atoms with E-state index in [-0.39, 0.29) is 0 Å². The van der Waals surface area contributed by atoms with Gasteiger partial charge in [0.25, 0.3) is 0 Å². The monoisotopic (exact) mass is 210 g/mol. The molecule has 1 rings (SSSR count).